The fourth-order valence-corrected chi connectivity index (χ4v) is 3.17. The quantitative estimate of drug-likeness (QED) is 0.810. The number of hydrogen-bond acceptors (Lipinski definition) is 6. The third-order valence-corrected chi connectivity index (χ3v) is 4.54. The molecular formula is C18H24N4O2. The van der Waals surface area contributed by atoms with Gasteiger partial charge >= 0.3 is 0 Å². The van der Waals surface area contributed by atoms with Crippen molar-refractivity contribution in [1.29, 1.82) is 0 Å². The predicted octanol–water partition coefficient (Wildman–Crippen LogP) is 2.20. The molecule has 0 amide bonds. The van der Waals surface area contributed by atoms with E-state index < -0.39 is 0 Å². The molecule has 1 aromatic heterocycles. The number of rotatable bonds is 6. The first-order valence-electron chi connectivity index (χ1n) is 8.12. The van der Waals surface area contributed by atoms with Crippen molar-refractivity contribution < 1.29 is 9.47 Å². The number of benzene rings is 1. The lowest BCUT2D eigenvalue weighted by molar-refractivity contribution is 0.323. The summed E-state index contributed by atoms with van der Waals surface area (Å²) < 4.78 is 10.7. The second kappa shape index (κ2) is 7.49. The second-order valence-corrected chi connectivity index (χ2v) is 6.08. The molecule has 2 aromatic rings. The lowest BCUT2D eigenvalue weighted by atomic mass is 10.2. The van der Waals surface area contributed by atoms with E-state index in [2.05, 4.69) is 38.9 Å². The minimum absolute atomic E-state index is 0.465. The van der Waals surface area contributed by atoms with E-state index in [1.165, 1.54) is 5.56 Å². The van der Waals surface area contributed by atoms with Gasteiger partial charge < -0.3 is 14.4 Å². The van der Waals surface area contributed by atoms with Gasteiger partial charge in [0, 0.05) is 45.0 Å². The summed E-state index contributed by atoms with van der Waals surface area (Å²) in [6.45, 7) is 2.97. The van der Waals surface area contributed by atoms with Crippen LogP contribution in [0.3, 0.4) is 0 Å². The smallest absolute Gasteiger partial charge is 0.131 e. The Bertz CT molecular complexity index is 643. The Morgan fingerprint density at radius 2 is 1.96 bits per heavy atom. The molecule has 0 N–H and O–H groups in total. The zero-order chi connectivity index (χ0) is 16.9. The Morgan fingerprint density at radius 1 is 1.21 bits per heavy atom. The van der Waals surface area contributed by atoms with E-state index in [0.29, 0.717) is 6.04 Å². The van der Waals surface area contributed by atoms with Crippen LogP contribution in [0.5, 0.6) is 11.5 Å². The van der Waals surface area contributed by atoms with Crippen molar-refractivity contribution >= 4 is 5.82 Å². The number of nitrogens with zero attached hydrogens (tertiary/aromatic N) is 4. The average Bonchev–Trinajstić information content (AvgIpc) is 3.09. The largest absolute Gasteiger partial charge is 0.497 e. The summed E-state index contributed by atoms with van der Waals surface area (Å²) in [4.78, 5) is 13.0. The van der Waals surface area contributed by atoms with Crippen LogP contribution < -0.4 is 14.4 Å². The van der Waals surface area contributed by atoms with Gasteiger partial charge in [0.05, 0.1) is 14.2 Å². The molecule has 6 heteroatoms. The number of hydrogen-bond donors (Lipinski definition) is 0. The topological polar surface area (TPSA) is 50.7 Å². The summed E-state index contributed by atoms with van der Waals surface area (Å²) in [5.41, 5.74) is 1.21. The molecule has 0 aliphatic carbocycles. The van der Waals surface area contributed by atoms with Gasteiger partial charge in [-0.2, -0.15) is 0 Å². The first-order valence-corrected chi connectivity index (χ1v) is 8.12. The van der Waals surface area contributed by atoms with Crippen molar-refractivity contribution in [2.24, 2.45) is 0 Å². The molecule has 1 aromatic carbocycles. The van der Waals surface area contributed by atoms with Gasteiger partial charge in [0.2, 0.25) is 0 Å². The lowest BCUT2D eigenvalue weighted by Gasteiger charge is -2.25. The molecule has 2 heterocycles. The zero-order valence-corrected chi connectivity index (χ0v) is 14.5. The van der Waals surface area contributed by atoms with Crippen LogP contribution >= 0.6 is 0 Å². The number of likely N-dealkylation sites (tertiary alicyclic amines) is 1. The first-order chi connectivity index (χ1) is 11.7. The molecule has 1 fully saturated rings. The number of likely N-dealkylation sites (N-methyl/N-ethyl adjacent to an activating group) is 1. The van der Waals surface area contributed by atoms with Gasteiger partial charge in [-0.25, -0.2) is 9.97 Å². The molecule has 6 nitrogen and oxygen atoms in total. The maximum absolute atomic E-state index is 5.36. The third kappa shape index (κ3) is 3.76. The molecule has 1 atom stereocenters. The Morgan fingerprint density at radius 3 is 2.58 bits per heavy atom. The number of aromatic nitrogens is 2. The second-order valence-electron chi connectivity index (χ2n) is 6.08. The van der Waals surface area contributed by atoms with Crippen LogP contribution in [0.15, 0.2) is 36.8 Å². The lowest BCUT2D eigenvalue weighted by Crippen LogP contribution is -2.34. The van der Waals surface area contributed by atoms with Gasteiger partial charge in [0.15, 0.2) is 0 Å². The van der Waals surface area contributed by atoms with Crippen LogP contribution in [0.1, 0.15) is 12.0 Å². The minimum atomic E-state index is 0.465. The molecule has 1 aliphatic rings. The van der Waals surface area contributed by atoms with E-state index in [0.717, 1.165) is 43.4 Å². The fourth-order valence-electron chi connectivity index (χ4n) is 3.17. The molecule has 0 spiro atoms. The van der Waals surface area contributed by atoms with Crippen LogP contribution in [0.2, 0.25) is 0 Å². The maximum Gasteiger partial charge on any atom is 0.131 e. The molecule has 0 bridgehead atoms. The Kier molecular flexibility index (Phi) is 5.15. The van der Waals surface area contributed by atoms with Crippen molar-refractivity contribution in [2.75, 3.05) is 39.3 Å². The number of methoxy groups -OCH3 is 2. The van der Waals surface area contributed by atoms with Crippen LogP contribution in [-0.2, 0) is 6.54 Å². The Labute approximate surface area is 143 Å². The maximum atomic E-state index is 5.36. The summed E-state index contributed by atoms with van der Waals surface area (Å²) >= 11 is 0. The van der Waals surface area contributed by atoms with Gasteiger partial charge in [0.1, 0.15) is 23.6 Å². The van der Waals surface area contributed by atoms with Crippen LogP contribution in [-0.4, -0.2) is 55.3 Å². The number of ether oxygens (including phenoxy) is 2. The molecule has 3 rings (SSSR count). The summed E-state index contributed by atoms with van der Waals surface area (Å²) in [6.07, 6.45) is 4.51. The van der Waals surface area contributed by atoms with Crippen molar-refractivity contribution in [3.63, 3.8) is 0 Å². The van der Waals surface area contributed by atoms with Gasteiger partial charge in [-0.1, -0.05) is 0 Å². The van der Waals surface area contributed by atoms with Gasteiger partial charge in [-0.05, 0) is 30.2 Å². The Balaban J connectivity index is 1.64. The van der Waals surface area contributed by atoms with Crippen molar-refractivity contribution in [3.8, 4) is 11.5 Å². The molecule has 128 valence electrons. The Hall–Kier alpha value is -2.34. The van der Waals surface area contributed by atoms with Crippen LogP contribution in [0, 0.1) is 0 Å². The van der Waals surface area contributed by atoms with Crippen molar-refractivity contribution in [1.82, 2.24) is 14.9 Å². The monoisotopic (exact) mass is 328 g/mol. The number of anilines is 1. The molecular weight excluding hydrogens is 304 g/mol. The highest BCUT2D eigenvalue weighted by molar-refractivity contribution is 5.39. The van der Waals surface area contributed by atoms with Crippen molar-refractivity contribution in [3.05, 3.63) is 42.4 Å². The minimum Gasteiger partial charge on any atom is -0.497 e. The van der Waals surface area contributed by atoms with Crippen LogP contribution in [0.25, 0.3) is 0 Å². The van der Waals surface area contributed by atoms with E-state index in [9.17, 15) is 0 Å². The molecule has 1 saturated heterocycles. The predicted molar refractivity (Wildman–Crippen MR) is 93.7 cm³/mol. The van der Waals surface area contributed by atoms with E-state index >= 15 is 0 Å². The normalized spacial score (nSPS) is 17.7. The summed E-state index contributed by atoms with van der Waals surface area (Å²) in [5.74, 6) is 2.64. The van der Waals surface area contributed by atoms with Crippen molar-refractivity contribution in [2.45, 2.75) is 19.0 Å². The zero-order valence-electron chi connectivity index (χ0n) is 14.5. The average molecular weight is 328 g/mol. The van der Waals surface area contributed by atoms with E-state index in [1.54, 1.807) is 26.7 Å². The highest BCUT2D eigenvalue weighted by atomic mass is 16.5. The molecule has 24 heavy (non-hydrogen) atoms. The molecule has 0 radical (unpaired) electrons. The molecule has 0 saturated carbocycles. The summed E-state index contributed by atoms with van der Waals surface area (Å²) in [7, 11) is 5.47. The van der Waals surface area contributed by atoms with E-state index in [1.807, 2.05) is 12.1 Å². The van der Waals surface area contributed by atoms with Gasteiger partial charge in [-0.3, -0.25) is 4.90 Å². The van der Waals surface area contributed by atoms with E-state index in [-0.39, 0.29) is 0 Å². The highest BCUT2D eigenvalue weighted by Crippen LogP contribution is 2.25. The SMILES string of the molecule is COc1cc(CN2CCC(N(C)c3ccncn3)C2)cc(OC)c1. The third-order valence-electron chi connectivity index (χ3n) is 4.54. The molecule has 1 aliphatic heterocycles. The summed E-state index contributed by atoms with van der Waals surface area (Å²) in [6, 6.07) is 8.47. The highest BCUT2D eigenvalue weighted by Gasteiger charge is 2.26. The first kappa shape index (κ1) is 16.5. The fraction of sp³-hybridized carbons (Fsp3) is 0.444. The van der Waals surface area contributed by atoms with Gasteiger partial charge in [-0.15, -0.1) is 0 Å². The standard InChI is InChI=1S/C18H24N4O2/c1-21(18-4-6-19-13-20-18)15-5-7-22(12-15)11-14-8-16(23-2)10-17(9-14)24-3/h4,6,8-10,13,15H,5,7,11-12H2,1-3H3. The molecule has 1 unspecified atom stereocenters. The van der Waals surface area contributed by atoms with Gasteiger partial charge in [0.25, 0.3) is 0 Å². The summed E-state index contributed by atoms with van der Waals surface area (Å²) in [5, 5.41) is 0. The van der Waals surface area contributed by atoms with Crippen LogP contribution in [0.4, 0.5) is 5.82 Å². The van der Waals surface area contributed by atoms with E-state index in [4.69, 9.17) is 9.47 Å².